The fourth-order valence-electron chi connectivity index (χ4n) is 3.08. The van der Waals surface area contributed by atoms with Gasteiger partial charge in [0.2, 0.25) is 0 Å². The third-order valence-electron chi connectivity index (χ3n) is 4.65. The summed E-state index contributed by atoms with van der Waals surface area (Å²) in [6.45, 7) is 1.93. The maximum atomic E-state index is 12.3. The fraction of sp³-hybridized carbons (Fsp3) is 0.174. The van der Waals surface area contributed by atoms with Gasteiger partial charge in [-0.25, -0.2) is 9.78 Å². The third kappa shape index (κ3) is 4.67. The Kier molecular flexibility index (Phi) is 5.76. The topological polar surface area (TPSA) is 76.5 Å². The number of hydrogen-bond donors (Lipinski definition) is 1. The van der Waals surface area contributed by atoms with Crippen LogP contribution in [0.25, 0.3) is 0 Å². The molecule has 1 aliphatic rings. The number of anilines is 1. The smallest absolute Gasteiger partial charge is 0.414 e. The molecule has 1 aromatic heterocycles. The summed E-state index contributed by atoms with van der Waals surface area (Å²) in [4.78, 5) is 29.4. The van der Waals surface area contributed by atoms with Gasteiger partial charge >= 0.3 is 6.09 Å². The Bertz CT molecular complexity index is 1080. The minimum Gasteiger partial charge on any atom is -0.447 e. The van der Waals surface area contributed by atoms with Gasteiger partial charge in [-0.15, -0.1) is 0 Å². The zero-order valence-electron chi connectivity index (χ0n) is 16.2. The van der Waals surface area contributed by atoms with Crippen LogP contribution in [0.5, 0.6) is 0 Å². The Hall–Kier alpha value is -4.05. The molecule has 0 atom stereocenters. The van der Waals surface area contributed by atoms with Crippen molar-refractivity contribution in [1.82, 2.24) is 14.9 Å². The fourth-order valence-corrected chi connectivity index (χ4v) is 3.08. The molecule has 3 aromatic rings. The Morgan fingerprint density at radius 3 is 2.60 bits per heavy atom. The van der Waals surface area contributed by atoms with Crippen LogP contribution in [-0.4, -0.2) is 41.2 Å². The third-order valence-corrected chi connectivity index (χ3v) is 4.65. The molecule has 0 aliphatic carbocycles. The summed E-state index contributed by atoms with van der Waals surface area (Å²) in [7, 11) is 0. The number of nitrogens with one attached hydrogen (secondary N) is 1. The highest BCUT2D eigenvalue weighted by atomic mass is 16.6. The predicted molar refractivity (Wildman–Crippen MR) is 112 cm³/mol. The lowest BCUT2D eigenvalue weighted by molar-refractivity contribution is 0.0958. The van der Waals surface area contributed by atoms with Crippen molar-refractivity contribution in [2.45, 2.75) is 6.54 Å². The summed E-state index contributed by atoms with van der Waals surface area (Å²) in [6.07, 6.45) is 5.06. The molecule has 2 amide bonds. The van der Waals surface area contributed by atoms with Gasteiger partial charge in [-0.1, -0.05) is 24.0 Å². The minimum atomic E-state index is -0.327. The molecule has 150 valence electrons. The number of cyclic esters (lactones) is 1. The lowest BCUT2D eigenvalue weighted by Gasteiger charge is -2.11. The van der Waals surface area contributed by atoms with Crippen molar-refractivity contribution in [3.63, 3.8) is 0 Å². The van der Waals surface area contributed by atoms with Gasteiger partial charge in [0.1, 0.15) is 6.61 Å². The van der Waals surface area contributed by atoms with Crippen molar-refractivity contribution in [2.24, 2.45) is 0 Å². The van der Waals surface area contributed by atoms with E-state index in [0.717, 1.165) is 16.8 Å². The first kappa shape index (κ1) is 19.3. The molecule has 1 saturated heterocycles. The number of carbonyl (C=O) groups is 2. The Labute approximate surface area is 174 Å². The maximum Gasteiger partial charge on any atom is 0.414 e. The molecule has 7 heteroatoms. The van der Waals surface area contributed by atoms with E-state index < -0.39 is 0 Å². The van der Waals surface area contributed by atoms with E-state index in [1.54, 1.807) is 29.6 Å². The number of rotatable bonds is 5. The molecule has 1 N–H and O–H groups in total. The van der Waals surface area contributed by atoms with Crippen LogP contribution in [0.15, 0.2) is 67.3 Å². The highest BCUT2D eigenvalue weighted by molar-refractivity contribution is 5.94. The van der Waals surface area contributed by atoms with Gasteiger partial charge in [0.15, 0.2) is 0 Å². The van der Waals surface area contributed by atoms with E-state index in [-0.39, 0.29) is 18.5 Å². The number of aromatic nitrogens is 2. The van der Waals surface area contributed by atoms with Gasteiger partial charge in [-0.05, 0) is 42.0 Å². The number of imidazole rings is 1. The summed E-state index contributed by atoms with van der Waals surface area (Å²) in [5, 5.41) is 2.80. The molecule has 2 aromatic carbocycles. The number of benzene rings is 2. The summed E-state index contributed by atoms with van der Waals surface area (Å²) in [5.74, 6) is 5.78. The highest BCUT2D eigenvalue weighted by Gasteiger charge is 2.23. The monoisotopic (exact) mass is 400 g/mol. The van der Waals surface area contributed by atoms with Gasteiger partial charge in [-0.2, -0.15) is 0 Å². The first-order valence-corrected chi connectivity index (χ1v) is 9.55. The van der Waals surface area contributed by atoms with Crippen LogP contribution in [0.4, 0.5) is 10.5 Å². The van der Waals surface area contributed by atoms with E-state index in [1.165, 1.54) is 0 Å². The molecule has 4 rings (SSSR count). The van der Waals surface area contributed by atoms with E-state index in [4.69, 9.17) is 4.74 Å². The van der Waals surface area contributed by atoms with E-state index in [1.807, 2.05) is 47.2 Å². The van der Waals surface area contributed by atoms with Crippen molar-refractivity contribution in [3.05, 3.63) is 83.9 Å². The Balaban J connectivity index is 1.27. The van der Waals surface area contributed by atoms with Crippen LogP contribution in [0.1, 0.15) is 21.5 Å². The zero-order valence-corrected chi connectivity index (χ0v) is 16.2. The summed E-state index contributed by atoms with van der Waals surface area (Å²) >= 11 is 0. The summed E-state index contributed by atoms with van der Waals surface area (Å²) < 4.78 is 6.90. The van der Waals surface area contributed by atoms with Gasteiger partial charge in [0.25, 0.3) is 5.91 Å². The average molecular weight is 400 g/mol. The number of ether oxygens (including phenoxy) is 1. The zero-order chi connectivity index (χ0) is 20.8. The van der Waals surface area contributed by atoms with Crippen molar-refractivity contribution in [2.75, 3.05) is 24.6 Å². The van der Waals surface area contributed by atoms with Crippen LogP contribution in [0, 0.1) is 11.8 Å². The van der Waals surface area contributed by atoms with Crippen molar-refractivity contribution < 1.29 is 14.3 Å². The van der Waals surface area contributed by atoms with Crippen molar-refractivity contribution in [1.29, 1.82) is 0 Å². The first-order valence-electron chi connectivity index (χ1n) is 9.55. The number of carbonyl (C=O) groups excluding carboxylic acids is 2. The van der Waals surface area contributed by atoms with Gasteiger partial charge in [-0.3, -0.25) is 9.69 Å². The molecular weight excluding hydrogens is 380 g/mol. The second-order valence-electron chi connectivity index (χ2n) is 6.73. The molecule has 0 saturated carbocycles. The van der Waals surface area contributed by atoms with Crippen molar-refractivity contribution in [3.8, 4) is 11.8 Å². The van der Waals surface area contributed by atoms with Crippen LogP contribution in [0.3, 0.4) is 0 Å². The van der Waals surface area contributed by atoms with Gasteiger partial charge < -0.3 is 14.6 Å². The van der Waals surface area contributed by atoms with Crippen LogP contribution < -0.4 is 10.2 Å². The normalized spacial score (nSPS) is 12.8. The standard InChI is InChI=1S/C23H20N4O3/c28-22(20-7-3-19(4-8-20)16-26-13-12-24-17-26)25-11-1-2-18-5-9-21(10-6-18)27-14-15-30-23(27)29/h3-10,12-13,17H,11,14-16H2,(H,25,28). The lowest BCUT2D eigenvalue weighted by atomic mass is 10.1. The Morgan fingerprint density at radius 2 is 1.93 bits per heavy atom. The van der Waals surface area contributed by atoms with Gasteiger partial charge in [0.05, 0.1) is 19.4 Å². The Morgan fingerprint density at radius 1 is 1.13 bits per heavy atom. The quantitative estimate of drug-likeness (QED) is 0.668. The second kappa shape index (κ2) is 8.97. The molecule has 30 heavy (non-hydrogen) atoms. The van der Waals surface area contributed by atoms with E-state index in [9.17, 15) is 9.59 Å². The number of nitrogens with zero attached hydrogens (tertiary/aromatic N) is 3. The molecule has 2 heterocycles. The van der Waals surface area contributed by atoms with Crippen LogP contribution in [0.2, 0.25) is 0 Å². The molecule has 7 nitrogen and oxygen atoms in total. The maximum absolute atomic E-state index is 12.3. The summed E-state index contributed by atoms with van der Waals surface area (Å²) in [6, 6.07) is 14.8. The van der Waals surface area contributed by atoms with E-state index >= 15 is 0 Å². The number of amides is 2. The molecule has 1 fully saturated rings. The van der Waals surface area contributed by atoms with Crippen LogP contribution >= 0.6 is 0 Å². The van der Waals surface area contributed by atoms with Gasteiger partial charge in [0, 0.05) is 35.8 Å². The SMILES string of the molecule is O=C(NCC#Cc1ccc(N2CCOC2=O)cc1)c1ccc(Cn2ccnc2)cc1. The molecule has 0 unspecified atom stereocenters. The van der Waals surface area contributed by atoms with Crippen LogP contribution in [-0.2, 0) is 11.3 Å². The highest BCUT2D eigenvalue weighted by Crippen LogP contribution is 2.18. The second-order valence-corrected chi connectivity index (χ2v) is 6.73. The summed E-state index contributed by atoms with van der Waals surface area (Å²) in [5.41, 5.74) is 3.28. The molecular formula is C23H20N4O3. The van der Waals surface area contributed by atoms with E-state index in [2.05, 4.69) is 22.1 Å². The average Bonchev–Trinajstić information content (AvgIpc) is 3.44. The molecule has 0 bridgehead atoms. The molecule has 0 radical (unpaired) electrons. The van der Waals surface area contributed by atoms with E-state index in [0.29, 0.717) is 25.3 Å². The first-order chi connectivity index (χ1) is 14.7. The van der Waals surface area contributed by atoms with Crippen molar-refractivity contribution >= 4 is 17.7 Å². The lowest BCUT2D eigenvalue weighted by Crippen LogP contribution is -2.23. The predicted octanol–water partition coefficient (Wildman–Crippen LogP) is 2.67. The molecule has 0 spiro atoms. The minimum absolute atomic E-state index is 0.165. The largest absolute Gasteiger partial charge is 0.447 e. The number of hydrogen-bond acceptors (Lipinski definition) is 4. The molecule has 1 aliphatic heterocycles.